The molecule has 1 amide bonds. The van der Waals surface area contributed by atoms with E-state index in [4.69, 9.17) is 25.2 Å². The first-order chi connectivity index (χ1) is 16.2. The van der Waals surface area contributed by atoms with Crippen LogP contribution in [0.25, 0.3) is 0 Å². The van der Waals surface area contributed by atoms with Crippen molar-refractivity contribution in [3.05, 3.63) is 41.6 Å². The van der Waals surface area contributed by atoms with E-state index in [1.807, 2.05) is 0 Å². The second-order valence-corrected chi connectivity index (χ2v) is 6.16. The standard InChI is InChI=1S/C20H21N3O4/c24-20-15-2-4-19(22-16(15)12-21-20)23-7-5-13(6-8-23)27-14-1-3-17-18(11-14)26-10-9-25-17/h1-4,11,13H,5-10,12H2,(H,21,24)/i7D2,8D2,9D2,10D2. The molecular formula is C20H21N3O4. The Morgan fingerprint density at radius 3 is 2.81 bits per heavy atom. The molecule has 140 valence electrons. The molecule has 0 unspecified atom stereocenters. The number of piperidine rings is 1. The average molecular weight is 375 g/mol. The molecule has 2 aromatic rings. The molecule has 4 heterocycles. The molecule has 1 fully saturated rings. The van der Waals surface area contributed by atoms with Crippen LogP contribution in [0.15, 0.2) is 30.3 Å². The molecule has 0 radical (unpaired) electrons. The van der Waals surface area contributed by atoms with Gasteiger partial charge in [-0.3, -0.25) is 4.79 Å². The van der Waals surface area contributed by atoms with E-state index in [-0.39, 0.29) is 48.4 Å². The van der Waals surface area contributed by atoms with Gasteiger partial charge in [-0.05, 0) is 24.3 Å². The minimum absolute atomic E-state index is 0.0198. The molecule has 7 heteroatoms. The van der Waals surface area contributed by atoms with Crippen LogP contribution in [0.1, 0.15) is 39.9 Å². The smallest absolute Gasteiger partial charge is 0.253 e. The van der Waals surface area contributed by atoms with Gasteiger partial charge in [0.15, 0.2) is 11.5 Å². The third-order valence-electron chi connectivity index (χ3n) is 4.39. The van der Waals surface area contributed by atoms with Gasteiger partial charge in [0.25, 0.3) is 5.91 Å². The average Bonchev–Trinajstić information content (AvgIpc) is 3.07. The molecule has 1 N–H and O–H groups in total. The highest BCUT2D eigenvalue weighted by molar-refractivity contribution is 5.97. The van der Waals surface area contributed by atoms with E-state index in [9.17, 15) is 4.79 Å². The van der Waals surface area contributed by atoms with E-state index >= 15 is 0 Å². The molecule has 5 rings (SSSR count). The van der Waals surface area contributed by atoms with Crippen LogP contribution in [0.2, 0.25) is 0 Å². The molecule has 0 saturated carbocycles. The largest absolute Gasteiger partial charge is 0.490 e. The predicted octanol–water partition coefficient (Wildman–Crippen LogP) is 2.14. The number of nitrogens with zero attached hydrogens (tertiary/aromatic N) is 2. The Labute approximate surface area is 168 Å². The summed E-state index contributed by atoms with van der Waals surface area (Å²) in [7, 11) is 0. The van der Waals surface area contributed by atoms with Crippen LogP contribution >= 0.6 is 0 Å². The number of fused-ring (bicyclic) bond motifs is 2. The Morgan fingerprint density at radius 1 is 1.15 bits per heavy atom. The molecule has 1 saturated heterocycles. The number of anilines is 1. The van der Waals surface area contributed by atoms with E-state index < -0.39 is 32.2 Å². The summed E-state index contributed by atoms with van der Waals surface area (Å²) in [6.45, 7) is -9.63. The zero-order chi connectivity index (χ0) is 25.4. The number of carbonyl (C=O) groups excluding carboxylic acids is 1. The lowest BCUT2D eigenvalue weighted by atomic mass is 10.1. The van der Waals surface area contributed by atoms with Crippen molar-refractivity contribution >= 4 is 11.7 Å². The maximum atomic E-state index is 11.8. The Kier molecular flexibility index (Phi) is 2.42. The fourth-order valence-corrected chi connectivity index (χ4v) is 3.04. The van der Waals surface area contributed by atoms with E-state index in [1.165, 1.54) is 30.3 Å². The molecular weight excluding hydrogens is 346 g/mol. The van der Waals surface area contributed by atoms with Gasteiger partial charge in [0.2, 0.25) is 0 Å². The summed E-state index contributed by atoms with van der Waals surface area (Å²) in [5.41, 5.74) is 0.808. The van der Waals surface area contributed by atoms with Crippen LogP contribution in [-0.4, -0.2) is 43.1 Å². The van der Waals surface area contributed by atoms with Gasteiger partial charge in [0.05, 0.1) is 23.3 Å². The fourth-order valence-electron chi connectivity index (χ4n) is 3.04. The van der Waals surface area contributed by atoms with Crippen molar-refractivity contribution in [1.29, 1.82) is 0 Å². The quantitative estimate of drug-likeness (QED) is 0.886. The third-order valence-corrected chi connectivity index (χ3v) is 4.39. The van der Waals surface area contributed by atoms with E-state index in [0.29, 0.717) is 11.3 Å². The van der Waals surface area contributed by atoms with Gasteiger partial charge < -0.3 is 24.4 Å². The van der Waals surface area contributed by atoms with Crippen LogP contribution in [-0.2, 0) is 6.54 Å². The summed E-state index contributed by atoms with van der Waals surface area (Å²) in [4.78, 5) is 17.1. The normalized spacial score (nSPS) is 30.7. The Hall–Kier alpha value is -2.96. The van der Waals surface area contributed by atoms with Gasteiger partial charge >= 0.3 is 0 Å². The number of ether oxygens (including phenoxy) is 3. The summed E-state index contributed by atoms with van der Waals surface area (Å²) >= 11 is 0. The first-order valence-corrected chi connectivity index (χ1v) is 8.46. The second-order valence-electron chi connectivity index (χ2n) is 6.16. The number of hydrogen-bond acceptors (Lipinski definition) is 6. The van der Waals surface area contributed by atoms with Crippen molar-refractivity contribution in [2.75, 3.05) is 31.0 Å². The van der Waals surface area contributed by atoms with Crippen molar-refractivity contribution < 1.29 is 30.0 Å². The van der Waals surface area contributed by atoms with E-state index in [2.05, 4.69) is 10.3 Å². The highest BCUT2D eigenvalue weighted by atomic mass is 16.6. The number of pyridine rings is 1. The molecule has 3 aliphatic heterocycles. The van der Waals surface area contributed by atoms with E-state index in [1.54, 1.807) is 0 Å². The molecule has 1 aromatic heterocycles. The summed E-state index contributed by atoms with van der Waals surface area (Å²) in [6, 6.07) is 7.01. The number of aromatic nitrogens is 1. The lowest BCUT2D eigenvalue weighted by Gasteiger charge is -2.33. The Morgan fingerprint density at radius 2 is 1.96 bits per heavy atom. The predicted molar refractivity (Wildman–Crippen MR) is 98.7 cm³/mol. The SMILES string of the molecule is [2H]C1([2H])CC(Oc2ccc3c(c2)OC([2H])([2H])C([2H])([2H])O3)CC([2H])([2H])N1c1ccc2c(n1)CNC2=O. The third kappa shape index (κ3) is 3.13. The van der Waals surface area contributed by atoms with Crippen molar-refractivity contribution in [2.24, 2.45) is 0 Å². The zero-order valence-corrected chi connectivity index (χ0v) is 14.1. The molecule has 3 aliphatic rings. The minimum atomic E-state index is -2.75. The maximum Gasteiger partial charge on any atom is 0.253 e. The van der Waals surface area contributed by atoms with Crippen LogP contribution in [0, 0.1) is 0 Å². The number of benzene rings is 1. The fraction of sp³-hybridized carbons (Fsp3) is 0.400. The highest BCUT2D eigenvalue weighted by Gasteiger charge is 2.25. The molecule has 0 bridgehead atoms. The second kappa shape index (κ2) is 6.64. The van der Waals surface area contributed by atoms with Crippen molar-refractivity contribution in [3.8, 4) is 17.2 Å². The molecule has 0 aliphatic carbocycles. The van der Waals surface area contributed by atoms with Gasteiger partial charge in [-0.15, -0.1) is 0 Å². The van der Waals surface area contributed by atoms with Gasteiger partial charge in [-0.2, -0.15) is 0 Å². The summed E-state index contributed by atoms with van der Waals surface area (Å²) in [5.74, 6) is -0.147. The molecule has 1 aromatic carbocycles. The number of nitrogens with one attached hydrogen (secondary N) is 1. The molecule has 27 heavy (non-hydrogen) atoms. The molecule has 0 atom stereocenters. The monoisotopic (exact) mass is 375 g/mol. The van der Waals surface area contributed by atoms with Gasteiger partial charge in [-0.1, -0.05) is 0 Å². The highest BCUT2D eigenvalue weighted by Crippen LogP contribution is 2.34. The first-order valence-electron chi connectivity index (χ1n) is 12.5. The Balaban J connectivity index is 1.37. The Bertz CT molecular complexity index is 1190. The van der Waals surface area contributed by atoms with Crippen LogP contribution in [0.5, 0.6) is 17.2 Å². The van der Waals surface area contributed by atoms with Gasteiger partial charge in [0.1, 0.15) is 30.8 Å². The topological polar surface area (TPSA) is 72.9 Å². The van der Waals surface area contributed by atoms with Crippen LogP contribution in [0.4, 0.5) is 5.82 Å². The maximum absolute atomic E-state index is 11.8. The lowest BCUT2D eigenvalue weighted by molar-refractivity contribution is 0.0965. The molecule has 7 nitrogen and oxygen atoms in total. The van der Waals surface area contributed by atoms with Crippen molar-refractivity contribution in [3.63, 3.8) is 0 Å². The minimum Gasteiger partial charge on any atom is -0.490 e. The van der Waals surface area contributed by atoms with Crippen molar-refractivity contribution in [1.82, 2.24) is 10.3 Å². The van der Waals surface area contributed by atoms with Gasteiger partial charge in [-0.25, -0.2) is 4.98 Å². The number of hydrogen-bond donors (Lipinski definition) is 1. The molecule has 0 spiro atoms. The lowest BCUT2D eigenvalue weighted by Crippen LogP contribution is -2.38. The zero-order valence-electron chi connectivity index (χ0n) is 22.1. The summed E-state index contributed by atoms with van der Waals surface area (Å²) in [5, 5.41) is 2.63. The van der Waals surface area contributed by atoms with Crippen LogP contribution < -0.4 is 24.4 Å². The number of rotatable bonds is 3. The van der Waals surface area contributed by atoms with Gasteiger partial charge in [0, 0.05) is 37.4 Å². The van der Waals surface area contributed by atoms with E-state index in [0.717, 1.165) is 4.90 Å². The number of amides is 1. The van der Waals surface area contributed by atoms with Crippen LogP contribution in [0.3, 0.4) is 0 Å². The summed E-state index contributed by atoms with van der Waals surface area (Å²) in [6.07, 6.45) is -1.31. The first kappa shape index (κ1) is 9.82. The summed E-state index contributed by atoms with van der Waals surface area (Å²) < 4.78 is 81.1. The number of carbonyl (C=O) groups is 1. The van der Waals surface area contributed by atoms with Crippen molar-refractivity contribution in [2.45, 2.75) is 25.5 Å².